The lowest BCUT2D eigenvalue weighted by atomic mass is 9.80. The van der Waals surface area contributed by atoms with Crippen LogP contribution < -0.4 is 10.6 Å². The quantitative estimate of drug-likeness (QED) is 0.209. The van der Waals surface area contributed by atoms with Crippen molar-refractivity contribution in [3.05, 3.63) is 83.2 Å². The maximum atomic E-state index is 14.4. The molecule has 45 heavy (non-hydrogen) atoms. The van der Waals surface area contributed by atoms with Crippen LogP contribution in [-0.2, 0) is 44.9 Å². The van der Waals surface area contributed by atoms with Crippen molar-refractivity contribution in [2.75, 3.05) is 0 Å². The molecule has 1 unspecified atom stereocenters. The van der Waals surface area contributed by atoms with Crippen molar-refractivity contribution < 1.29 is 28.3 Å². The zero-order valence-corrected chi connectivity index (χ0v) is 26.7. The summed E-state index contributed by atoms with van der Waals surface area (Å²) in [5, 5.41) is 15.2. The van der Waals surface area contributed by atoms with Crippen molar-refractivity contribution in [1.82, 2.24) is 25.8 Å². The third-order valence-electron chi connectivity index (χ3n) is 7.53. The van der Waals surface area contributed by atoms with Gasteiger partial charge in [-0.3, -0.25) is 9.59 Å². The van der Waals surface area contributed by atoms with Crippen LogP contribution in [0, 0.1) is 5.41 Å². The van der Waals surface area contributed by atoms with E-state index in [1.165, 1.54) is 0 Å². The molecule has 4 aromatic rings. The number of esters is 1. The summed E-state index contributed by atoms with van der Waals surface area (Å²) >= 11 is 0. The number of aromatic nitrogens is 3. The van der Waals surface area contributed by atoms with Crippen molar-refractivity contribution in [3.63, 3.8) is 0 Å². The monoisotopic (exact) mass is 615 g/mol. The average molecular weight is 616 g/mol. The van der Waals surface area contributed by atoms with E-state index in [0.717, 1.165) is 27.6 Å². The highest BCUT2D eigenvalue weighted by atomic mass is 16.6. The number of benzene rings is 2. The van der Waals surface area contributed by atoms with E-state index in [0.29, 0.717) is 19.3 Å². The van der Waals surface area contributed by atoms with E-state index >= 15 is 0 Å². The Morgan fingerprint density at radius 3 is 2.24 bits per heavy atom. The van der Waals surface area contributed by atoms with Gasteiger partial charge in [-0.2, -0.15) is 0 Å². The van der Waals surface area contributed by atoms with Gasteiger partial charge >= 0.3 is 12.1 Å². The number of carbonyl (C=O) groups is 3. The van der Waals surface area contributed by atoms with Gasteiger partial charge in [0.15, 0.2) is 0 Å². The van der Waals surface area contributed by atoms with Gasteiger partial charge in [0.05, 0.1) is 18.4 Å². The number of nitrogens with one attached hydrogen (secondary N) is 3. The van der Waals surface area contributed by atoms with Gasteiger partial charge in [0.25, 0.3) is 0 Å². The fourth-order valence-corrected chi connectivity index (χ4v) is 5.69. The van der Waals surface area contributed by atoms with Gasteiger partial charge in [-0.05, 0) is 77.1 Å². The molecule has 1 aliphatic rings. The zero-order valence-electron chi connectivity index (χ0n) is 26.7. The second-order valence-electron chi connectivity index (χ2n) is 13.6. The zero-order chi connectivity index (χ0) is 32.4. The fraction of sp³-hybridized carbons (Fsp3) is 0.441. The molecule has 0 saturated heterocycles. The minimum absolute atomic E-state index is 0.0481. The van der Waals surface area contributed by atoms with Crippen molar-refractivity contribution >= 4 is 28.9 Å². The number of nitrogens with zero attached hydrogens (tertiary/aromatic N) is 2. The number of amides is 2. The lowest BCUT2D eigenvalue weighted by Crippen LogP contribution is -2.46. The van der Waals surface area contributed by atoms with E-state index in [9.17, 15) is 14.4 Å². The Balaban J connectivity index is 1.42. The number of hydrogen-bond donors (Lipinski definition) is 3. The standard InChI is InChI=1S/C34H41N5O6/c1-32(2,3)44-28(40)18-34(16-21-11-7-8-12-22(21)17-34)30(41)37-26(15-23-19-35-25-14-10-9-13-24(23)25)29-39-38-27(43-29)20-36-31(42)45-33(4,5)6/h7-14,19,26,35H,15-18,20H2,1-6H3,(H,36,42)(H,37,41). The van der Waals surface area contributed by atoms with E-state index in [-0.39, 0.29) is 30.7 Å². The van der Waals surface area contributed by atoms with E-state index in [2.05, 4.69) is 25.8 Å². The summed E-state index contributed by atoms with van der Waals surface area (Å²) in [7, 11) is 0. The van der Waals surface area contributed by atoms with Crippen LogP contribution >= 0.6 is 0 Å². The van der Waals surface area contributed by atoms with Crippen LogP contribution in [0.5, 0.6) is 0 Å². The van der Waals surface area contributed by atoms with Crippen LogP contribution in [-0.4, -0.2) is 44.4 Å². The summed E-state index contributed by atoms with van der Waals surface area (Å²) in [5.41, 5.74) is 1.54. The Morgan fingerprint density at radius 2 is 1.58 bits per heavy atom. The first-order valence-corrected chi connectivity index (χ1v) is 15.1. The Hall–Kier alpha value is -4.67. The van der Waals surface area contributed by atoms with Crippen molar-refractivity contribution in [2.24, 2.45) is 5.41 Å². The Kier molecular flexibility index (Phi) is 8.73. The molecule has 11 nitrogen and oxygen atoms in total. The first kappa shape index (κ1) is 31.7. The van der Waals surface area contributed by atoms with Gasteiger partial charge in [0.1, 0.15) is 17.2 Å². The molecule has 2 aromatic heterocycles. The highest BCUT2D eigenvalue weighted by Crippen LogP contribution is 2.41. The largest absolute Gasteiger partial charge is 0.460 e. The van der Waals surface area contributed by atoms with Crippen LogP contribution in [0.4, 0.5) is 4.79 Å². The van der Waals surface area contributed by atoms with Gasteiger partial charge in [0, 0.05) is 23.5 Å². The maximum Gasteiger partial charge on any atom is 0.408 e. The minimum Gasteiger partial charge on any atom is -0.460 e. The predicted octanol–water partition coefficient (Wildman–Crippen LogP) is 5.49. The lowest BCUT2D eigenvalue weighted by Gasteiger charge is -2.30. The van der Waals surface area contributed by atoms with Gasteiger partial charge in [-0.25, -0.2) is 4.79 Å². The SMILES string of the molecule is CC(C)(C)OC(=O)CC1(C(=O)NC(Cc2c[nH]c3ccccc23)c2nnc(CNC(=O)OC(C)(C)C)o2)Cc2ccccc2C1. The topological polar surface area (TPSA) is 148 Å². The number of hydrogen-bond acceptors (Lipinski definition) is 8. The van der Waals surface area contributed by atoms with Gasteiger partial charge < -0.3 is 29.5 Å². The number of rotatable bonds is 9. The number of ether oxygens (including phenoxy) is 2. The van der Waals surface area contributed by atoms with Gasteiger partial charge in [0.2, 0.25) is 17.7 Å². The molecule has 238 valence electrons. The van der Waals surface area contributed by atoms with Crippen LogP contribution in [0.1, 0.15) is 82.5 Å². The average Bonchev–Trinajstić information content (AvgIpc) is 3.67. The minimum atomic E-state index is -1.06. The number of aromatic amines is 1. The van der Waals surface area contributed by atoms with Crippen LogP contribution in [0.2, 0.25) is 0 Å². The van der Waals surface area contributed by atoms with E-state index in [1.54, 1.807) is 20.8 Å². The normalized spacial score (nSPS) is 14.9. The molecule has 11 heteroatoms. The lowest BCUT2D eigenvalue weighted by molar-refractivity contribution is -0.160. The summed E-state index contributed by atoms with van der Waals surface area (Å²) in [6.07, 6.45) is 2.32. The second-order valence-corrected chi connectivity index (χ2v) is 13.6. The number of alkyl carbamates (subject to hydrolysis) is 1. The Bertz CT molecular complexity index is 1670. The molecule has 0 spiro atoms. The van der Waals surface area contributed by atoms with Gasteiger partial charge in [-0.1, -0.05) is 42.5 Å². The molecule has 0 radical (unpaired) electrons. The van der Waals surface area contributed by atoms with Crippen LogP contribution in [0.3, 0.4) is 0 Å². The molecule has 3 N–H and O–H groups in total. The van der Waals surface area contributed by atoms with E-state index < -0.39 is 34.7 Å². The third-order valence-corrected chi connectivity index (χ3v) is 7.53. The Morgan fingerprint density at radius 1 is 0.933 bits per heavy atom. The smallest absolute Gasteiger partial charge is 0.408 e. The summed E-state index contributed by atoms with van der Waals surface area (Å²) in [6, 6.07) is 15.0. The molecule has 0 bridgehead atoms. The molecule has 0 fully saturated rings. The summed E-state index contributed by atoms with van der Waals surface area (Å²) < 4.78 is 16.9. The molecule has 2 heterocycles. The van der Waals surface area contributed by atoms with Crippen LogP contribution in [0.25, 0.3) is 10.9 Å². The van der Waals surface area contributed by atoms with E-state index in [4.69, 9.17) is 13.9 Å². The highest BCUT2D eigenvalue weighted by molar-refractivity contribution is 5.89. The Labute approximate surface area is 262 Å². The number of fused-ring (bicyclic) bond motifs is 2. The van der Waals surface area contributed by atoms with Crippen molar-refractivity contribution in [2.45, 2.75) is 91.0 Å². The molecule has 1 atom stereocenters. The van der Waals surface area contributed by atoms with Crippen LogP contribution in [0.15, 0.2) is 59.1 Å². The highest BCUT2D eigenvalue weighted by Gasteiger charge is 2.47. The predicted molar refractivity (Wildman–Crippen MR) is 167 cm³/mol. The maximum absolute atomic E-state index is 14.4. The summed E-state index contributed by atoms with van der Waals surface area (Å²) in [4.78, 5) is 43.0. The first-order chi connectivity index (χ1) is 21.2. The molecule has 2 aromatic carbocycles. The number of carbonyl (C=O) groups excluding carboxylic acids is 3. The number of para-hydroxylation sites is 1. The fourth-order valence-electron chi connectivity index (χ4n) is 5.69. The first-order valence-electron chi connectivity index (χ1n) is 15.1. The third kappa shape index (κ3) is 7.89. The molecule has 2 amide bonds. The molecule has 0 saturated carbocycles. The second kappa shape index (κ2) is 12.4. The summed E-state index contributed by atoms with van der Waals surface area (Å²) in [6.45, 7) is 10.7. The van der Waals surface area contributed by atoms with Gasteiger partial charge in [-0.15, -0.1) is 10.2 Å². The molecule has 1 aliphatic carbocycles. The molecular weight excluding hydrogens is 574 g/mol. The van der Waals surface area contributed by atoms with Crippen molar-refractivity contribution in [3.8, 4) is 0 Å². The molecule has 5 rings (SSSR count). The number of H-pyrrole nitrogens is 1. The molecule has 0 aliphatic heterocycles. The van der Waals surface area contributed by atoms with Crippen molar-refractivity contribution in [1.29, 1.82) is 0 Å². The summed E-state index contributed by atoms with van der Waals surface area (Å²) in [5.74, 6) is -0.406. The molecular formula is C34H41N5O6. The van der Waals surface area contributed by atoms with E-state index in [1.807, 2.05) is 75.5 Å².